The lowest BCUT2D eigenvalue weighted by atomic mass is 10.0. The molecule has 0 saturated carbocycles. The molecule has 2 aromatic rings. The average molecular weight is 548 g/mol. The van der Waals surface area contributed by atoms with Gasteiger partial charge in [-0.05, 0) is 17.7 Å². The van der Waals surface area contributed by atoms with Gasteiger partial charge in [0, 0.05) is 24.7 Å². The zero-order valence-corrected chi connectivity index (χ0v) is 20.5. The van der Waals surface area contributed by atoms with Crippen LogP contribution in [-0.4, -0.2) is 85.0 Å². The number of hydrogen-bond acceptors (Lipinski definition) is 9. The van der Waals surface area contributed by atoms with Crippen molar-refractivity contribution in [3.8, 4) is 5.75 Å². The maximum atomic E-state index is 13.2. The minimum atomic E-state index is -1.62. The molecule has 0 aliphatic heterocycles. The van der Waals surface area contributed by atoms with Crippen LogP contribution in [0.25, 0.3) is 0 Å². The molecule has 0 aliphatic carbocycles. The van der Waals surface area contributed by atoms with Crippen LogP contribution >= 0.6 is 0 Å². The van der Waals surface area contributed by atoms with E-state index in [9.17, 15) is 39.0 Å². The number of H-pyrrole nitrogens is 1. The van der Waals surface area contributed by atoms with Crippen LogP contribution in [0.3, 0.4) is 0 Å². The van der Waals surface area contributed by atoms with Crippen LogP contribution in [0.5, 0.6) is 5.75 Å². The summed E-state index contributed by atoms with van der Waals surface area (Å²) < 4.78 is 0. The molecule has 4 unspecified atom stereocenters. The molecular formula is C23H29N7O9. The van der Waals surface area contributed by atoms with Crippen LogP contribution < -0.4 is 27.4 Å². The van der Waals surface area contributed by atoms with Gasteiger partial charge in [0.05, 0.1) is 25.2 Å². The normalized spacial score (nSPS) is 13.8. The molecule has 1 aromatic carbocycles. The van der Waals surface area contributed by atoms with E-state index in [-0.39, 0.29) is 18.6 Å². The molecule has 1 aromatic heterocycles. The van der Waals surface area contributed by atoms with Crippen molar-refractivity contribution in [2.75, 3.05) is 0 Å². The second kappa shape index (κ2) is 14.1. The van der Waals surface area contributed by atoms with Crippen molar-refractivity contribution < 1.29 is 44.1 Å². The minimum Gasteiger partial charge on any atom is -0.508 e. The number of carboxylic acid groups (broad SMARTS) is 2. The summed E-state index contributed by atoms with van der Waals surface area (Å²) in [5.41, 5.74) is 11.7. The van der Waals surface area contributed by atoms with Gasteiger partial charge in [-0.15, -0.1) is 0 Å². The van der Waals surface area contributed by atoms with Gasteiger partial charge in [0.2, 0.25) is 23.6 Å². The molecule has 4 atom stereocenters. The number of rotatable bonds is 15. The molecule has 0 saturated heterocycles. The molecule has 2 rings (SSSR count). The number of aromatic hydroxyl groups is 1. The van der Waals surface area contributed by atoms with E-state index < -0.39 is 72.6 Å². The van der Waals surface area contributed by atoms with Crippen molar-refractivity contribution in [2.45, 2.75) is 49.9 Å². The number of aromatic nitrogens is 2. The molecule has 210 valence electrons. The van der Waals surface area contributed by atoms with Gasteiger partial charge in [-0.25, -0.2) is 9.78 Å². The summed E-state index contributed by atoms with van der Waals surface area (Å²) in [6, 6.07) is -0.406. The molecule has 39 heavy (non-hydrogen) atoms. The Morgan fingerprint density at radius 3 is 1.97 bits per heavy atom. The van der Waals surface area contributed by atoms with E-state index in [0.717, 1.165) is 0 Å². The Morgan fingerprint density at radius 2 is 1.44 bits per heavy atom. The van der Waals surface area contributed by atoms with Crippen molar-refractivity contribution >= 4 is 35.6 Å². The van der Waals surface area contributed by atoms with E-state index >= 15 is 0 Å². The first kappa shape index (κ1) is 30.2. The predicted molar refractivity (Wildman–Crippen MR) is 132 cm³/mol. The quantitative estimate of drug-likeness (QED) is 0.109. The Hall–Kier alpha value is -4.99. The van der Waals surface area contributed by atoms with Gasteiger partial charge in [-0.1, -0.05) is 12.1 Å². The zero-order valence-electron chi connectivity index (χ0n) is 20.5. The topological polar surface area (TPSA) is 280 Å². The van der Waals surface area contributed by atoms with E-state index in [2.05, 4.69) is 25.9 Å². The molecule has 16 heteroatoms. The van der Waals surface area contributed by atoms with Gasteiger partial charge in [0.15, 0.2) is 0 Å². The number of nitrogens with zero attached hydrogens (tertiary/aromatic N) is 1. The molecule has 0 radical (unpaired) electrons. The third-order valence-corrected chi connectivity index (χ3v) is 5.37. The van der Waals surface area contributed by atoms with Gasteiger partial charge < -0.3 is 47.7 Å². The van der Waals surface area contributed by atoms with Crippen LogP contribution in [0.15, 0.2) is 36.8 Å². The van der Waals surface area contributed by atoms with Gasteiger partial charge in [-0.2, -0.15) is 0 Å². The van der Waals surface area contributed by atoms with Crippen molar-refractivity contribution in [3.05, 3.63) is 48.0 Å². The number of nitrogens with one attached hydrogen (secondary N) is 4. The average Bonchev–Trinajstić information content (AvgIpc) is 3.36. The maximum absolute atomic E-state index is 13.2. The summed E-state index contributed by atoms with van der Waals surface area (Å²) >= 11 is 0. The van der Waals surface area contributed by atoms with Crippen molar-refractivity contribution in [2.24, 2.45) is 11.5 Å². The molecule has 1 heterocycles. The summed E-state index contributed by atoms with van der Waals surface area (Å²) in [5.74, 6) is -6.78. The van der Waals surface area contributed by atoms with Gasteiger partial charge in [0.1, 0.15) is 23.9 Å². The Kier molecular flexibility index (Phi) is 10.9. The van der Waals surface area contributed by atoms with Crippen LogP contribution in [0.1, 0.15) is 24.1 Å². The zero-order chi connectivity index (χ0) is 29.1. The monoisotopic (exact) mass is 547 g/mol. The van der Waals surface area contributed by atoms with Gasteiger partial charge >= 0.3 is 11.9 Å². The summed E-state index contributed by atoms with van der Waals surface area (Å²) in [5, 5.41) is 34.7. The van der Waals surface area contributed by atoms with E-state index in [1.807, 2.05) is 0 Å². The van der Waals surface area contributed by atoms with Crippen LogP contribution in [0.4, 0.5) is 0 Å². The Morgan fingerprint density at radius 1 is 0.846 bits per heavy atom. The van der Waals surface area contributed by atoms with Crippen molar-refractivity contribution in [1.82, 2.24) is 25.9 Å². The minimum absolute atomic E-state index is 0.0615. The van der Waals surface area contributed by atoms with E-state index in [4.69, 9.17) is 16.6 Å². The fraction of sp³-hybridized carbons (Fsp3) is 0.348. The van der Waals surface area contributed by atoms with E-state index in [1.54, 1.807) is 0 Å². The maximum Gasteiger partial charge on any atom is 0.326 e. The Bertz CT molecular complexity index is 1190. The highest BCUT2D eigenvalue weighted by Crippen LogP contribution is 2.12. The number of hydrogen-bond donors (Lipinski definition) is 9. The van der Waals surface area contributed by atoms with Crippen LogP contribution in [0.2, 0.25) is 0 Å². The van der Waals surface area contributed by atoms with Gasteiger partial charge in [-0.3, -0.25) is 24.0 Å². The second-order valence-electron chi connectivity index (χ2n) is 8.55. The Balaban J connectivity index is 2.23. The highest BCUT2D eigenvalue weighted by atomic mass is 16.4. The third kappa shape index (κ3) is 10.1. The number of carbonyl (C=O) groups is 6. The number of carbonyl (C=O) groups excluding carboxylic acids is 4. The molecule has 16 nitrogen and oxygen atoms in total. The largest absolute Gasteiger partial charge is 0.508 e. The molecule has 4 amide bonds. The summed E-state index contributed by atoms with van der Waals surface area (Å²) in [6.45, 7) is 0. The molecule has 0 aliphatic rings. The summed E-state index contributed by atoms with van der Waals surface area (Å²) in [4.78, 5) is 79.2. The first-order chi connectivity index (χ1) is 18.3. The lowest BCUT2D eigenvalue weighted by molar-refractivity contribution is -0.142. The van der Waals surface area contributed by atoms with E-state index in [0.29, 0.717) is 11.3 Å². The number of nitrogens with two attached hydrogens (primary N) is 2. The lowest BCUT2D eigenvalue weighted by Gasteiger charge is -2.24. The standard InChI is InChI=1S/C23H29N7O9/c24-14(7-19(33)34)20(35)28-15(5-11-1-3-13(31)4-2-11)21(36)29-16(8-18(25)32)22(37)30-17(23(38)39)6-12-9-26-10-27-12/h1-4,9-10,14-17,31H,5-8,24H2,(H2,25,32)(H,26,27)(H,28,35)(H,29,36)(H,30,37)(H,33,34)(H,38,39). The third-order valence-electron chi connectivity index (χ3n) is 5.37. The number of aromatic amines is 1. The van der Waals surface area contributed by atoms with E-state index in [1.165, 1.54) is 36.8 Å². The number of carboxylic acids is 2. The smallest absolute Gasteiger partial charge is 0.326 e. The first-order valence-electron chi connectivity index (χ1n) is 11.5. The van der Waals surface area contributed by atoms with Crippen molar-refractivity contribution in [1.29, 1.82) is 0 Å². The highest BCUT2D eigenvalue weighted by Gasteiger charge is 2.32. The number of primary amides is 1. The summed E-state index contributed by atoms with van der Waals surface area (Å²) in [7, 11) is 0. The molecule has 11 N–H and O–H groups in total. The molecule has 0 fully saturated rings. The lowest BCUT2D eigenvalue weighted by Crippen LogP contribution is -2.58. The molecular weight excluding hydrogens is 518 g/mol. The number of benzene rings is 1. The fourth-order valence-corrected chi connectivity index (χ4v) is 3.41. The number of amides is 4. The predicted octanol–water partition coefficient (Wildman–Crippen LogP) is -2.88. The molecule has 0 spiro atoms. The van der Waals surface area contributed by atoms with Crippen LogP contribution in [-0.2, 0) is 41.6 Å². The number of phenolic OH excluding ortho intramolecular Hbond substituents is 1. The molecule has 0 bridgehead atoms. The Labute approximate surface area is 221 Å². The summed E-state index contributed by atoms with van der Waals surface area (Å²) in [6.07, 6.45) is 0.887. The van der Waals surface area contributed by atoms with Crippen molar-refractivity contribution in [3.63, 3.8) is 0 Å². The number of imidazole rings is 1. The number of aliphatic carboxylic acids is 2. The van der Waals surface area contributed by atoms with Crippen LogP contribution in [0, 0.1) is 0 Å². The first-order valence-corrected chi connectivity index (χ1v) is 11.5. The number of phenols is 1. The van der Waals surface area contributed by atoms with Gasteiger partial charge in [0.25, 0.3) is 0 Å². The highest BCUT2D eigenvalue weighted by molar-refractivity contribution is 5.96. The SMILES string of the molecule is NC(=O)CC(NC(=O)C(Cc1ccc(O)cc1)NC(=O)C(N)CC(=O)O)C(=O)NC(Cc1cnc[nH]1)C(=O)O. The second-order valence-corrected chi connectivity index (χ2v) is 8.55. The fourth-order valence-electron chi connectivity index (χ4n) is 3.41.